The number of aliphatic carboxylic acids is 1. The molecule has 1 aliphatic heterocycles. The summed E-state index contributed by atoms with van der Waals surface area (Å²) in [4.78, 5) is 35.8. The van der Waals surface area contributed by atoms with E-state index < -0.39 is 23.3 Å². The maximum absolute atomic E-state index is 12.3. The average Bonchev–Trinajstić information content (AvgIpc) is 2.40. The summed E-state index contributed by atoms with van der Waals surface area (Å²) in [7, 11) is 0. The van der Waals surface area contributed by atoms with Gasteiger partial charge >= 0.3 is 0 Å². The van der Waals surface area contributed by atoms with Crippen molar-refractivity contribution in [2.24, 2.45) is 16.7 Å². The summed E-state index contributed by atoms with van der Waals surface area (Å²) in [6, 6.07) is 0. The van der Waals surface area contributed by atoms with Gasteiger partial charge in [-0.3, -0.25) is 14.5 Å². The van der Waals surface area contributed by atoms with E-state index >= 15 is 0 Å². The Balaban J connectivity index is 2.42. The highest BCUT2D eigenvalue weighted by Gasteiger charge is 2.64. The molecule has 17 heavy (non-hydrogen) atoms. The molecule has 1 heterocycles. The van der Waals surface area contributed by atoms with Crippen molar-refractivity contribution < 1.29 is 19.5 Å². The van der Waals surface area contributed by atoms with E-state index in [1.807, 2.05) is 20.8 Å². The van der Waals surface area contributed by atoms with E-state index in [9.17, 15) is 19.5 Å². The van der Waals surface area contributed by atoms with E-state index in [1.165, 1.54) is 0 Å². The summed E-state index contributed by atoms with van der Waals surface area (Å²) in [6.07, 6.45) is 1.29. The summed E-state index contributed by atoms with van der Waals surface area (Å²) < 4.78 is 0. The van der Waals surface area contributed by atoms with E-state index in [-0.39, 0.29) is 17.7 Å². The molecule has 5 heteroatoms. The van der Waals surface area contributed by atoms with Crippen LogP contribution in [0.2, 0.25) is 0 Å². The zero-order valence-corrected chi connectivity index (χ0v) is 10.3. The third-order valence-electron chi connectivity index (χ3n) is 4.79. The molecule has 2 aliphatic rings. The summed E-state index contributed by atoms with van der Waals surface area (Å²) in [5.41, 5.74) is -1.04. The average molecular weight is 238 g/mol. The zero-order chi connectivity index (χ0) is 13.0. The fourth-order valence-corrected chi connectivity index (χ4v) is 3.18. The number of hydrogen-bond acceptors (Lipinski definition) is 4. The molecule has 94 valence electrons. The largest absolute Gasteiger partial charge is 0.548 e. The molecular formula is C12H16NO4-. The van der Waals surface area contributed by atoms with Crippen LogP contribution in [-0.4, -0.2) is 29.2 Å². The lowest BCUT2D eigenvalue weighted by atomic mass is 9.62. The van der Waals surface area contributed by atoms with E-state index in [0.717, 1.165) is 4.90 Å². The van der Waals surface area contributed by atoms with Crippen LogP contribution in [0, 0.1) is 16.7 Å². The molecule has 0 aromatic heterocycles. The molecule has 0 N–H and O–H groups in total. The van der Waals surface area contributed by atoms with Gasteiger partial charge in [-0.25, -0.2) is 0 Å². The lowest BCUT2D eigenvalue weighted by Gasteiger charge is -2.47. The summed E-state index contributed by atoms with van der Waals surface area (Å²) in [6.45, 7) is 5.03. The van der Waals surface area contributed by atoms with Crippen molar-refractivity contribution in [3.05, 3.63) is 0 Å². The lowest BCUT2D eigenvalue weighted by Crippen LogP contribution is -2.60. The number of hydrogen-bond donors (Lipinski definition) is 0. The first-order valence-corrected chi connectivity index (χ1v) is 5.77. The number of carbonyl (C=O) groups is 3. The monoisotopic (exact) mass is 238 g/mol. The van der Waals surface area contributed by atoms with Crippen molar-refractivity contribution in [1.82, 2.24) is 4.90 Å². The van der Waals surface area contributed by atoms with Crippen molar-refractivity contribution in [2.75, 3.05) is 6.54 Å². The summed E-state index contributed by atoms with van der Waals surface area (Å²) in [5.74, 6) is -2.39. The van der Waals surface area contributed by atoms with E-state index in [1.54, 1.807) is 0 Å². The zero-order valence-electron chi connectivity index (χ0n) is 10.3. The second-order valence-corrected chi connectivity index (χ2v) is 5.75. The highest BCUT2D eigenvalue weighted by Crippen LogP contribution is 2.59. The van der Waals surface area contributed by atoms with Crippen LogP contribution in [0.4, 0.5) is 0 Å². The number of amides is 2. The van der Waals surface area contributed by atoms with Crippen molar-refractivity contribution in [3.8, 4) is 0 Å². The minimum Gasteiger partial charge on any atom is -0.548 e. The minimum atomic E-state index is -1.39. The second-order valence-electron chi connectivity index (χ2n) is 5.75. The highest BCUT2D eigenvalue weighted by atomic mass is 16.4. The molecule has 2 atom stereocenters. The number of likely N-dealkylation sites (tertiary alicyclic amines) is 1. The maximum atomic E-state index is 12.3. The first-order valence-electron chi connectivity index (χ1n) is 5.77. The molecule has 2 fully saturated rings. The van der Waals surface area contributed by atoms with Crippen LogP contribution in [0.1, 0.15) is 33.6 Å². The third-order valence-corrected chi connectivity index (χ3v) is 4.79. The first-order chi connectivity index (χ1) is 7.72. The molecule has 0 unspecified atom stereocenters. The predicted octanol–water partition coefficient (Wildman–Crippen LogP) is -0.452. The Hall–Kier alpha value is -1.39. The Kier molecular flexibility index (Phi) is 2.35. The van der Waals surface area contributed by atoms with Crippen LogP contribution >= 0.6 is 0 Å². The van der Waals surface area contributed by atoms with Crippen LogP contribution < -0.4 is 5.11 Å². The molecule has 5 nitrogen and oxygen atoms in total. The van der Waals surface area contributed by atoms with Crippen LogP contribution in [0.15, 0.2) is 0 Å². The van der Waals surface area contributed by atoms with Gasteiger partial charge in [-0.05, 0) is 18.3 Å². The highest BCUT2D eigenvalue weighted by molar-refractivity contribution is 6.05. The smallest absolute Gasteiger partial charge is 0.236 e. The Morgan fingerprint density at radius 3 is 2.53 bits per heavy atom. The number of piperidine rings is 1. The number of imide groups is 1. The van der Waals surface area contributed by atoms with Gasteiger partial charge in [0.15, 0.2) is 0 Å². The molecule has 2 amide bonds. The van der Waals surface area contributed by atoms with Crippen molar-refractivity contribution in [1.29, 1.82) is 0 Å². The fourth-order valence-electron chi connectivity index (χ4n) is 3.18. The molecular weight excluding hydrogens is 222 g/mol. The fraction of sp³-hybridized carbons (Fsp3) is 0.750. The van der Waals surface area contributed by atoms with Gasteiger partial charge in [0.2, 0.25) is 11.8 Å². The molecule has 1 aliphatic carbocycles. The quantitative estimate of drug-likeness (QED) is 0.610. The van der Waals surface area contributed by atoms with Gasteiger partial charge in [0.25, 0.3) is 0 Å². The predicted molar refractivity (Wildman–Crippen MR) is 56.3 cm³/mol. The van der Waals surface area contributed by atoms with Gasteiger partial charge in [0.05, 0.1) is 17.9 Å². The van der Waals surface area contributed by atoms with Gasteiger partial charge < -0.3 is 9.90 Å². The van der Waals surface area contributed by atoms with Crippen molar-refractivity contribution in [2.45, 2.75) is 33.6 Å². The number of carboxylic acids is 1. The third kappa shape index (κ3) is 1.34. The van der Waals surface area contributed by atoms with Gasteiger partial charge in [-0.15, -0.1) is 0 Å². The van der Waals surface area contributed by atoms with Crippen LogP contribution in [-0.2, 0) is 14.4 Å². The van der Waals surface area contributed by atoms with Gasteiger partial charge in [-0.2, -0.15) is 0 Å². The Labute approximate surface area is 99.8 Å². The molecule has 2 bridgehead atoms. The van der Waals surface area contributed by atoms with Gasteiger partial charge in [0, 0.05) is 5.92 Å². The summed E-state index contributed by atoms with van der Waals surface area (Å²) in [5, 5.41) is 10.6. The molecule has 1 saturated heterocycles. The van der Waals surface area contributed by atoms with E-state index in [4.69, 9.17) is 0 Å². The maximum Gasteiger partial charge on any atom is 0.236 e. The molecule has 2 rings (SSSR count). The number of carboxylic acid groups (broad SMARTS) is 1. The molecule has 1 saturated carbocycles. The normalized spacial score (nSPS) is 35.2. The lowest BCUT2D eigenvalue weighted by molar-refractivity contribution is -0.306. The first kappa shape index (κ1) is 12.1. The standard InChI is InChI=1S/C12H17NO4/c1-11(2)7-4-5-12(11,3)10(17)13(9(7)16)6-8(14)15/h7H,4-6H2,1-3H3,(H,14,15)/p-1/t7-,12+/m0/s1. The van der Waals surface area contributed by atoms with Crippen molar-refractivity contribution in [3.63, 3.8) is 0 Å². The minimum absolute atomic E-state index is 0.260. The van der Waals surface area contributed by atoms with Crippen LogP contribution in [0.5, 0.6) is 0 Å². The molecule has 0 aromatic rings. The van der Waals surface area contributed by atoms with E-state index in [0.29, 0.717) is 12.8 Å². The number of nitrogens with zero attached hydrogens (tertiary/aromatic N) is 1. The summed E-state index contributed by atoms with van der Waals surface area (Å²) >= 11 is 0. The Bertz CT molecular complexity index is 415. The van der Waals surface area contributed by atoms with Gasteiger partial charge in [0.1, 0.15) is 0 Å². The van der Waals surface area contributed by atoms with E-state index in [2.05, 4.69) is 0 Å². The van der Waals surface area contributed by atoms with Crippen LogP contribution in [0.3, 0.4) is 0 Å². The second kappa shape index (κ2) is 3.31. The molecule has 0 spiro atoms. The molecule has 0 aromatic carbocycles. The Morgan fingerprint density at radius 1 is 1.41 bits per heavy atom. The topological polar surface area (TPSA) is 77.5 Å². The van der Waals surface area contributed by atoms with Crippen molar-refractivity contribution >= 4 is 17.8 Å². The molecule has 0 radical (unpaired) electrons. The number of rotatable bonds is 2. The number of fused-ring (bicyclic) bond motifs is 2. The Morgan fingerprint density at radius 2 is 2.00 bits per heavy atom. The van der Waals surface area contributed by atoms with Crippen LogP contribution in [0.25, 0.3) is 0 Å². The number of carbonyl (C=O) groups excluding carboxylic acids is 3. The van der Waals surface area contributed by atoms with Gasteiger partial charge in [-0.1, -0.05) is 20.8 Å². The SMILES string of the molecule is CC1(C)[C@H]2CC[C@]1(C)C(=O)N(CC(=O)[O-])C2=O.